The van der Waals surface area contributed by atoms with Gasteiger partial charge in [-0.2, -0.15) is 0 Å². The van der Waals surface area contributed by atoms with Crippen molar-refractivity contribution >= 4 is 50.8 Å². The third-order valence-corrected chi connectivity index (χ3v) is 6.29. The first-order valence-electron chi connectivity index (χ1n) is 7.66. The van der Waals surface area contributed by atoms with Crippen molar-refractivity contribution in [1.82, 2.24) is 19.9 Å². The Balaban J connectivity index is 1.65. The zero-order chi connectivity index (χ0) is 17.1. The second kappa shape index (κ2) is 7.70. The Morgan fingerprint density at radius 3 is 2.62 bits per heavy atom. The summed E-state index contributed by atoms with van der Waals surface area (Å²) in [6, 6.07) is 0. The topological polar surface area (TPSA) is 74.2 Å². The van der Waals surface area contributed by atoms with Gasteiger partial charge in [-0.1, -0.05) is 22.6 Å². The van der Waals surface area contributed by atoms with Gasteiger partial charge in [0.05, 0.1) is 18.1 Å². The van der Waals surface area contributed by atoms with E-state index >= 15 is 0 Å². The van der Waals surface area contributed by atoms with E-state index in [0.717, 1.165) is 42.1 Å². The molecule has 0 aliphatic carbocycles. The van der Waals surface area contributed by atoms with Crippen LogP contribution in [0.15, 0.2) is 12.4 Å². The number of hydrogen-bond acceptors (Lipinski definition) is 7. The smallest absolute Gasteiger partial charge is 0.277 e. The third-order valence-electron chi connectivity index (χ3n) is 3.93. The summed E-state index contributed by atoms with van der Waals surface area (Å²) in [6.45, 7) is 5.81. The van der Waals surface area contributed by atoms with Crippen molar-refractivity contribution in [3.63, 3.8) is 0 Å². The lowest BCUT2D eigenvalue weighted by atomic mass is 10.3. The van der Waals surface area contributed by atoms with Crippen LogP contribution in [0, 0.1) is 6.92 Å². The van der Waals surface area contributed by atoms with Gasteiger partial charge in [-0.15, -0.1) is 11.3 Å². The number of carbonyl (C=O) groups is 1. The van der Waals surface area contributed by atoms with Gasteiger partial charge >= 0.3 is 0 Å². The Labute approximate surface area is 158 Å². The molecule has 1 amide bonds. The normalized spacial score (nSPS) is 15.5. The van der Waals surface area contributed by atoms with E-state index in [1.165, 1.54) is 22.4 Å². The molecule has 1 N–H and O–H groups in total. The Morgan fingerprint density at radius 2 is 2.04 bits per heavy atom. The van der Waals surface area contributed by atoms with Crippen LogP contribution in [0.1, 0.15) is 21.1 Å². The fourth-order valence-corrected chi connectivity index (χ4v) is 4.23. The van der Waals surface area contributed by atoms with Crippen LogP contribution in [0.2, 0.25) is 0 Å². The van der Waals surface area contributed by atoms with Gasteiger partial charge in [0.1, 0.15) is 11.5 Å². The van der Waals surface area contributed by atoms with Gasteiger partial charge in [-0.3, -0.25) is 10.1 Å². The molecule has 1 aliphatic heterocycles. The minimum atomic E-state index is -0.277. The number of thiazole rings is 1. The summed E-state index contributed by atoms with van der Waals surface area (Å²) in [5.41, 5.74) is 1.26. The summed E-state index contributed by atoms with van der Waals surface area (Å²) in [5, 5.41) is 3.41. The van der Waals surface area contributed by atoms with Gasteiger partial charge in [0.25, 0.3) is 5.91 Å². The fraction of sp³-hybridized carbons (Fsp3) is 0.467. The Hall–Kier alpha value is -1.33. The van der Waals surface area contributed by atoms with E-state index in [4.69, 9.17) is 0 Å². The van der Waals surface area contributed by atoms with Gasteiger partial charge in [0.15, 0.2) is 5.13 Å². The molecule has 128 valence electrons. The number of carbonyl (C=O) groups excluding carboxylic acids is 1. The summed E-state index contributed by atoms with van der Waals surface area (Å²) < 4.78 is 0.886. The Bertz CT molecular complexity index is 711. The molecule has 0 aromatic carbocycles. The number of aryl methyl sites for hydroxylation is 1. The Morgan fingerprint density at radius 1 is 1.29 bits per heavy atom. The summed E-state index contributed by atoms with van der Waals surface area (Å²) in [4.78, 5) is 30.9. The zero-order valence-electron chi connectivity index (χ0n) is 13.6. The number of hydrogen-bond donors (Lipinski definition) is 1. The first kappa shape index (κ1) is 17.5. The van der Waals surface area contributed by atoms with Crippen LogP contribution < -0.4 is 10.2 Å². The molecule has 1 fully saturated rings. The minimum Gasteiger partial charge on any atom is -0.353 e. The zero-order valence-corrected chi connectivity index (χ0v) is 16.6. The maximum Gasteiger partial charge on any atom is 0.277 e. The van der Waals surface area contributed by atoms with E-state index in [1.54, 1.807) is 6.20 Å². The van der Waals surface area contributed by atoms with Crippen molar-refractivity contribution in [3.05, 3.63) is 28.7 Å². The fourth-order valence-electron chi connectivity index (χ4n) is 2.40. The van der Waals surface area contributed by atoms with Gasteiger partial charge in [0, 0.05) is 35.5 Å². The molecule has 0 radical (unpaired) electrons. The van der Waals surface area contributed by atoms with Gasteiger partial charge in [-0.05, 0) is 14.0 Å². The van der Waals surface area contributed by atoms with Crippen molar-refractivity contribution in [1.29, 1.82) is 0 Å². The van der Waals surface area contributed by atoms with Crippen molar-refractivity contribution in [3.8, 4) is 0 Å². The molecule has 0 spiro atoms. The van der Waals surface area contributed by atoms with Crippen LogP contribution in [0.4, 0.5) is 10.9 Å². The van der Waals surface area contributed by atoms with E-state index in [9.17, 15) is 4.79 Å². The summed E-state index contributed by atoms with van der Waals surface area (Å²) in [7, 11) is 2.11. The molecular formula is C15H19IN6OS. The third kappa shape index (κ3) is 4.01. The highest BCUT2D eigenvalue weighted by atomic mass is 127. The number of alkyl halides is 1. The minimum absolute atomic E-state index is 0.277. The second-order valence-corrected chi connectivity index (χ2v) is 7.51. The number of aromatic nitrogens is 3. The molecule has 7 nitrogen and oxygen atoms in total. The number of likely N-dealkylation sites (N-methyl/N-ethyl adjacent to an activating group) is 1. The van der Waals surface area contributed by atoms with Crippen LogP contribution >= 0.6 is 33.9 Å². The molecule has 1 aliphatic rings. The molecule has 24 heavy (non-hydrogen) atoms. The molecule has 0 atom stereocenters. The molecule has 3 rings (SSSR count). The number of rotatable bonds is 4. The van der Waals surface area contributed by atoms with E-state index in [1.807, 2.05) is 6.92 Å². The average molecular weight is 458 g/mol. The molecule has 0 unspecified atom stereocenters. The van der Waals surface area contributed by atoms with Crippen LogP contribution in [0.3, 0.4) is 0 Å². The quantitative estimate of drug-likeness (QED) is 0.560. The SMILES string of the molecule is Cc1nc(NC(=O)c2cnc(N3CCN(C)CC3)cn2)sc1CI. The van der Waals surface area contributed by atoms with Crippen LogP contribution in [0.25, 0.3) is 0 Å². The van der Waals surface area contributed by atoms with Gasteiger partial charge in [0.2, 0.25) is 0 Å². The number of nitrogens with one attached hydrogen (secondary N) is 1. The number of halogens is 1. The first-order chi connectivity index (χ1) is 11.6. The lowest BCUT2D eigenvalue weighted by Crippen LogP contribution is -2.44. The second-order valence-electron chi connectivity index (χ2n) is 5.67. The van der Waals surface area contributed by atoms with E-state index in [2.05, 4.69) is 59.7 Å². The van der Waals surface area contributed by atoms with Crippen LogP contribution in [0.5, 0.6) is 0 Å². The van der Waals surface area contributed by atoms with Crippen molar-refractivity contribution < 1.29 is 4.79 Å². The molecule has 3 heterocycles. The van der Waals surface area contributed by atoms with Crippen LogP contribution in [-0.4, -0.2) is 59.0 Å². The summed E-state index contributed by atoms with van der Waals surface area (Å²) in [5.74, 6) is 0.540. The van der Waals surface area contributed by atoms with Crippen LogP contribution in [-0.2, 0) is 4.43 Å². The molecule has 0 saturated carbocycles. The Kier molecular flexibility index (Phi) is 5.61. The summed E-state index contributed by atoms with van der Waals surface area (Å²) in [6.07, 6.45) is 3.20. The number of nitrogens with zero attached hydrogens (tertiary/aromatic N) is 5. The van der Waals surface area contributed by atoms with Crippen molar-refractivity contribution in [2.75, 3.05) is 43.4 Å². The van der Waals surface area contributed by atoms with Crippen molar-refractivity contribution in [2.45, 2.75) is 11.4 Å². The first-order valence-corrected chi connectivity index (χ1v) is 10.00. The average Bonchev–Trinajstić information content (AvgIpc) is 2.95. The van der Waals surface area contributed by atoms with E-state index in [-0.39, 0.29) is 5.91 Å². The number of piperazine rings is 1. The lowest BCUT2D eigenvalue weighted by Gasteiger charge is -2.32. The number of anilines is 2. The monoisotopic (exact) mass is 458 g/mol. The largest absolute Gasteiger partial charge is 0.353 e. The predicted octanol–water partition coefficient (Wildman–Crippen LogP) is 2.18. The van der Waals surface area contributed by atoms with E-state index in [0.29, 0.717) is 10.8 Å². The molecular weight excluding hydrogens is 439 g/mol. The lowest BCUT2D eigenvalue weighted by molar-refractivity contribution is 0.102. The maximum absolute atomic E-state index is 12.3. The van der Waals surface area contributed by atoms with Gasteiger partial charge < -0.3 is 9.80 Å². The molecule has 0 bridgehead atoms. The molecule has 2 aromatic heterocycles. The predicted molar refractivity (Wildman–Crippen MR) is 104 cm³/mol. The highest BCUT2D eigenvalue weighted by molar-refractivity contribution is 14.1. The standard InChI is InChI=1S/C15H19IN6OS/c1-10-12(7-16)24-15(19-10)20-14(23)11-8-18-13(9-17-11)22-5-3-21(2)4-6-22/h8-9H,3-7H2,1-2H3,(H,19,20,23). The summed E-state index contributed by atoms with van der Waals surface area (Å²) >= 11 is 3.79. The highest BCUT2D eigenvalue weighted by Gasteiger charge is 2.17. The maximum atomic E-state index is 12.3. The van der Waals surface area contributed by atoms with Gasteiger partial charge in [-0.25, -0.2) is 15.0 Å². The molecule has 2 aromatic rings. The molecule has 1 saturated heterocycles. The van der Waals surface area contributed by atoms with Crippen molar-refractivity contribution in [2.24, 2.45) is 0 Å². The highest BCUT2D eigenvalue weighted by Crippen LogP contribution is 2.25. The number of amides is 1. The van der Waals surface area contributed by atoms with E-state index < -0.39 is 0 Å². The molecule has 9 heteroatoms.